The standard InChI is InChI=1S/C51H68BrO3P/c1-6-7-8-9-10-11-12-13-14-15-16-17-18-19-29-36-49(53)55-48-41-51(4,5)47(43(3)50(48)54)38-37-42(2)39-40-56(52,44-30-23-20-24-31-44,45-32-25-21-26-33-45)46-34-27-22-28-35-46/h13-14,20-28,30-35,37-39,48H,6-12,15-19,29,36,40-41H2,1-5H3/b14-13-,38-37?,42-39?/t48-/m0/s1. The fourth-order valence-corrected chi connectivity index (χ4v) is 15.2. The van der Waals surface area contributed by atoms with Gasteiger partial charge in [0, 0.05) is 0 Å². The summed E-state index contributed by atoms with van der Waals surface area (Å²) in [7, 11) is 0. The van der Waals surface area contributed by atoms with E-state index in [-0.39, 0.29) is 17.2 Å². The molecular formula is C51H68BrO3P. The molecule has 3 nitrogen and oxygen atoms in total. The molecule has 0 N–H and O–H groups in total. The molecule has 3 aromatic rings. The molecule has 3 aromatic carbocycles. The second-order valence-corrected chi connectivity index (χ2v) is 25.4. The van der Waals surface area contributed by atoms with Crippen molar-refractivity contribution in [1.29, 1.82) is 0 Å². The molecular weight excluding hydrogens is 771 g/mol. The van der Waals surface area contributed by atoms with Crippen LogP contribution in [0.3, 0.4) is 0 Å². The number of ether oxygens (including phenoxy) is 1. The van der Waals surface area contributed by atoms with E-state index in [0.29, 0.717) is 18.4 Å². The Morgan fingerprint density at radius 3 is 1.71 bits per heavy atom. The van der Waals surface area contributed by atoms with Crippen LogP contribution in [0.25, 0.3) is 0 Å². The van der Waals surface area contributed by atoms with Crippen LogP contribution in [0.5, 0.6) is 0 Å². The number of hydrogen-bond acceptors (Lipinski definition) is 3. The van der Waals surface area contributed by atoms with E-state index in [1.807, 2.05) is 6.92 Å². The van der Waals surface area contributed by atoms with Gasteiger partial charge < -0.3 is 0 Å². The molecule has 0 heterocycles. The number of ketones is 1. The topological polar surface area (TPSA) is 43.4 Å². The van der Waals surface area contributed by atoms with Gasteiger partial charge >= 0.3 is 247 Å². The van der Waals surface area contributed by atoms with Crippen LogP contribution in [0.4, 0.5) is 0 Å². The molecule has 1 aliphatic rings. The number of allylic oxidation sites excluding steroid dienone is 7. The molecule has 1 aliphatic carbocycles. The zero-order valence-electron chi connectivity index (χ0n) is 35.0. The number of hydrogen-bond donors (Lipinski definition) is 0. The SMILES string of the molecule is CCCCCCCC/C=C\CCCCCCCC(=O)O[C@H]1CC(C)(C)C(C=CC(C)=CCP(Br)(c2ccccc2)(c2ccccc2)c2ccccc2)=C(C)C1=O. The summed E-state index contributed by atoms with van der Waals surface area (Å²) in [5, 5.41) is 0.733. The summed E-state index contributed by atoms with van der Waals surface area (Å²) in [6.45, 7) is 10.6. The summed E-state index contributed by atoms with van der Waals surface area (Å²) in [6, 6.07) is 32.5. The molecule has 0 spiro atoms. The molecule has 5 heteroatoms. The van der Waals surface area contributed by atoms with E-state index >= 15 is 0 Å². The van der Waals surface area contributed by atoms with Gasteiger partial charge in [-0.2, -0.15) is 0 Å². The second kappa shape index (κ2) is 22.6. The van der Waals surface area contributed by atoms with Crippen molar-refractivity contribution in [3.63, 3.8) is 0 Å². The number of carbonyl (C=O) groups excluding carboxylic acids is 2. The van der Waals surface area contributed by atoms with Crippen molar-refractivity contribution in [3.8, 4) is 0 Å². The Balaban J connectivity index is 1.33. The van der Waals surface area contributed by atoms with Crippen molar-refractivity contribution in [1.82, 2.24) is 0 Å². The van der Waals surface area contributed by atoms with Gasteiger partial charge in [-0.3, -0.25) is 0 Å². The summed E-state index contributed by atoms with van der Waals surface area (Å²) in [6.07, 6.45) is 28.0. The van der Waals surface area contributed by atoms with Gasteiger partial charge in [0.2, 0.25) is 0 Å². The van der Waals surface area contributed by atoms with E-state index in [9.17, 15) is 9.59 Å². The Morgan fingerprint density at radius 1 is 0.750 bits per heavy atom. The third kappa shape index (κ3) is 12.3. The van der Waals surface area contributed by atoms with Crippen molar-refractivity contribution in [2.75, 3.05) is 6.16 Å². The predicted molar refractivity (Wildman–Crippen MR) is 247 cm³/mol. The van der Waals surface area contributed by atoms with Gasteiger partial charge in [-0.1, -0.05) is 70.4 Å². The third-order valence-electron chi connectivity index (χ3n) is 11.6. The summed E-state index contributed by atoms with van der Waals surface area (Å²) in [5.74, 6) is -0.333. The minimum absolute atomic E-state index is 0.0777. The van der Waals surface area contributed by atoms with Gasteiger partial charge in [0.25, 0.3) is 0 Å². The zero-order valence-corrected chi connectivity index (χ0v) is 37.5. The van der Waals surface area contributed by atoms with Crippen LogP contribution in [-0.2, 0) is 14.3 Å². The molecule has 0 aromatic heterocycles. The van der Waals surface area contributed by atoms with Crippen LogP contribution in [-0.4, -0.2) is 24.0 Å². The second-order valence-electron chi connectivity index (χ2n) is 16.5. The number of Topliss-reactive ketones (excluding diaryl/α,β-unsaturated/α-hetero) is 1. The minimum atomic E-state index is -3.10. The van der Waals surface area contributed by atoms with Crippen molar-refractivity contribution in [2.45, 2.75) is 137 Å². The van der Waals surface area contributed by atoms with Crippen molar-refractivity contribution in [2.24, 2.45) is 5.41 Å². The molecule has 0 saturated heterocycles. The molecule has 302 valence electrons. The number of benzene rings is 3. The van der Waals surface area contributed by atoms with Crippen LogP contribution in [0.1, 0.15) is 131 Å². The first-order valence-electron chi connectivity index (χ1n) is 21.4. The first kappa shape index (κ1) is 45.4. The first-order chi connectivity index (χ1) is 27.0. The molecule has 0 fully saturated rings. The number of esters is 1. The Labute approximate surface area is 347 Å². The maximum atomic E-state index is 13.6. The Kier molecular flexibility index (Phi) is 18.3. The number of unbranched alkanes of at least 4 members (excludes halogenated alkanes) is 11. The molecule has 4 rings (SSSR count). The van der Waals surface area contributed by atoms with Gasteiger partial charge in [0.05, 0.1) is 0 Å². The quantitative estimate of drug-likeness (QED) is 0.0314. The molecule has 0 aliphatic heterocycles. The van der Waals surface area contributed by atoms with Gasteiger partial charge in [0.15, 0.2) is 0 Å². The van der Waals surface area contributed by atoms with Crippen molar-refractivity contribution in [3.05, 3.63) is 138 Å². The normalized spacial score (nSPS) is 17.0. The Hall–Kier alpha value is -3.33. The van der Waals surface area contributed by atoms with Gasteiger partial charge in [-0.05, 0) is 32.1 Å². The van der Waals surface area contributed by atoms with E-state index in [4.69, 9.17) is 4.74 Å². The zero-order chi connectivity index (χ0) is 40.3. The van der Waals surface area contributed by atoms with Crippen LogP contribution in [0.2, 0.25) is 0 Å². The summed E-state index contributed by atoms with van der Waals surface area (Å²) in [5.41, 5.74) is 2.49. The van der Waals surface area contributed by atoms with Gasteiger partial charge in [-0.15, -0.1) is 0 Å². The van der Waals surface area contributed by atoms with Crippen LogP contribution in [0.15, 0.2) is 138 Å². The van der Waals surface area contributed by atoms with Gasteiger partial charge in [-0.25, -0.2) is 0 Å². The number of rotatable bonds is 23. The Bertz CT molecular complexity index is 1690. The summed E-state index contributed by atoms with van der Waals surface area (Å²) < 4.78 is 5.85. The molecule has 1 atom stereocenters. The van der Waals surface area contributed by atoms with Crippen LogP contribution < -0.4 is 15.9 Å². The molecule has 0 unspecified atom stereocenters. The van der Waals surface area contributed by atoms with E-state index in [1.54, 1.807) is 0 Å². The average Bonchev–Trinajstić information content (AvgIpc) is 3.21. The predicted octanol–water partition coefficient (Wildman–Crippen LogP) is 13.6. The molecule has 0 saturated carbocycles. The summed E-state index contributed by atoms with van der Waals surface area (Å²) in [4.78, 5) is 26.5. The number of carbonyl (C=O) groups is 2. The van der Waals surface area contributed by atoms with Crippen molar-refractivity contribution >= 4 is 48.5 Å². The Morgan fingerprint density at radius 2 is 1.21 bits per heavy atom. The van der Waals surface area contributed by atoms with E-state index < -0.39 is 11.4 Å². The number of halogens is 1. The maximum absolute atomic E-state index is 13.6. The van der Waals surface area contributed by atoms with Gasteiger partial charge in [0.1, 0.15) is 0 Å². The molecule has 0 amide bonds. The van der Waals surface area contributed by atoms with E-state index in [0.717, 1.165) is 43.0 Å². The molecule has 0 bridgehead atoms. The molecule has 56 heavy (non-hydrogen) atoms. The first-order valence-corrected chi connectivity index (χ1v) is 25.8. The van der Waals surface area contributed by atoms with Crippen LogP contribution in [0, 0.1) is 5.41 Å². The molecule has 0 radical (unpaired) electrons. The van der Waals surface area contributed by atoms with E-state index in [2.05, 4.69) is 165 Å². The fourth-order valence-electron chi connectivity index (χ4n) is 8.13. The van der Waals surface area contributed by atoms with Crippen LogP contribution >= 0.6 is 20.8 Å². The van der Waals surface area contributed by atoms with Crippen molar-refractivity contribution < 1.29 is 14.3 Å². The van der Waals surface area contributed by atoms with E-state index in [1.165, 1.54) is 73.7 Å². The average molecular weight is 840 g/mol. The monoisotopic (exact) mass is 838 g/mol. The fraction of sp³-hybridized carbons (Fsp3) is 0.451. The summed E-state index contributed by atoms with van der Waals surface area (Å²) >= 11 is 4.55. The third-order valence-corrected chi connectivity index (χ3v) is 21.1.